The molecule has 2 fully saturated rings. The summed E-state index contributed by atoms with van der Waals surface area (Å²) in [5.41, 5.74) is 3.77. The molecule has 1 aliphatic heterocycles. The van der Waals surface area contributed by atoms with Gasteiger partial charge in [-0.05, 0) is 0 Å². The topological polar surface area (TPSA) is 279 Å². The Morgan fingerprint density at radius 2 is 1.77 bits per heavy atom. The molecule has 0 bridgehead atoms. The highest BCUT2D eigenvalue weighted by Gasteiger charge is 2.79. The average Bonchev–Trinajstić information content (AvgIpc) is 2.90. The van der Waals surface area contributed by atoms with Gasteiger partial charge in [-0.2, -0.15) is 8.62 Å². The number of aromatic nitrogens is 4. The first kappa shape index (κ1) is 22.8. The summed E-state index contributed by atoms with van der Waals surface area (Å²) in [6, 6.07) is 0. The average molecular weight is 505 g/mol. The number of aliphatic hydroxyl groups is 2. The minimum atomic E-state index is -5.74. The quantitative estimate of drug-likeness (QED) is 0.203. The fraction of sp³-hybridized carbons (Fsp3) is 0.500. The fourth-order valence-electron chi connectivity index (χ4n) is 3.16. The van der Waals surface area contributed by atoms with Crippen molar-refractivity contribution in [2.75, 3.05) is 5.73 Å². The van der Waals surface area contributed by atoms with Gasteiger partial charge in [-0.3, -0.25) is 9.09 Å². The van der Waals surface area contributed by atoms with Crippen LogP contribution in [-0.4, -0.2) is 73.2 Å². The van der Waals surface area contributed by atoms with Crippen LogP contribution < -0.4 is 5.73 Å². The van der Waals surface area contributed by atoms with Crippen LogP contribution in [0.15, 0.2) is 12.7 Å². The lowest BCUT2D eigenvalue weighted by atomic mass is 10.1. The summed E-state index contributed by atoms with van der Waals surface area (Å²) in [7, 11) is -16.8. The molecule has 2 aliphatic rings. The van der Waals surface area contributed by atoms with Crippen molar-refractivity contribution < 1.29 is 61.4 Å². The molecule has 2 aromatic heterocycles. The van der Waals surface area contributed by atoms with Gasteiger partial charge in [0.1, 0.15) is 30.2 Å². The Balaban J connectivity index is 1.48. The van der Waals surface area contributed by atoms with Crippen molar-refractivity contribution in [2.24, 2.45) is 0 Å². The molecule has 4 rings (SSSR count). The molecule has 31 heavy (non-hydrogen) atoms. The van der Waals surface area contributed by atoms with Gasteiger partial charge >= 0.3 is 23.5 Å². The number of phosphoric acid groups is 3. The Hall–Kier alpha value is -1.36. The maximum atomic E-state index is 11.9. The molecule has 1 aliphatic carbocycles. The highest BCUT2D eigenvalue weighted by molar-refractivity contribution is 7.66. The van der Waals surface area contributed by atoms with Crippen LogP contribution in [0.3, 0.4) is 0 Å². The van der Waals surface area contributed by atoms with Crippen LogP contribution in [0.4, 0.5) is 5.82 Å². The number of nitrogen functional groups attached to an aromatic ring is 1. The van der Waals surface area contributed by atoms with Crippen LogP contribution in [0.1, 0.15) is 6.23 Å². The van der Waals surface area contributed by atoms with Gasteiger partial charge in [0.15, 0.2) is 23.3 Å². The van der Waals surface area contributed by atoms with E-state index in [1.54, 1.807) is 0 Å². The molecule has 2 aromatic rings. The summed E-state index contributed by atoms with van der Waals surface area (Å²) < 4.78 is 52.3. The van der Waals surface area contributed by atoms with Crippen LogP contribution in [0.25, 0.3) is 11.2 Å². The van der Waals surface area contributed by atoms with Gasteiger partial charge in [0, 0.05) is 0 Å². The van der Waals surface area contributed by atoms with E-state index in [1.807, 2.05) is 0 Å². The first-order chi connectivity index (χ1) is 14.1. The molecule has 7 atom stereocenters. The smallest absolute Gasteiger partial charge is 0.385 e. The lowest BCUT2D eigenvalue weighted by molar-refractivity contribution is -0.0926. The zero-order valence-electron chi connectivity index (χ0n) is 14.7. The van der Waals surface area contributed by atoms with E-state index in [0.29, 0.717) is 0 Å². The van der Waals surface area contributed by atoms with E-state index in [1.165, 1.54) is 10.9 Å². The van der Waals surface area contributed by atoms with E-state index < -0.39 is 53.6 Å². The highest BCUT2D eigenvalue weighted by Crippen LogP contribution is 2.69. The third-order valence-electron chi connectivity index (χ3n) is 4.43. The van der Waals surface area contributed by atoms with E-state index in [4.69, 9.17) is 25.2 Å². The van der Waals surface area contributed by atoms with E-state index >= 15 is 0 Å². The lowest BCUT2D eigenvalue weighted by Gasteiger charge is -2.24. The first-order valence-corrected chi connectivity index (χ1v) is 12.5. The largest absolute Gasteiger partial charge is 0.490 e. The van der Waals surface area contributed by atoms with Crippen molar-refractivity contribution in [3.8, 4) is 0 Å². The zero-order chi connectivity index (χ0) is 23.0. The van der Waals surface area contributed by atoms with Crippen LogP contribution in [0.5, 0.6) is 0 Å². The normalized spacial score (nSPS) is 34.3. The van der Waals surface area contributed by atoms with Crippen molar-refractivity contribution >= 4 is 40.4 Å². The number of imidazole rings is 1. The number of nitrogens with two attached hydrogens (primary N) is 1. The molecule has 0 aromatic carbocycles. The number of hydrogen-bond donors (Lipinski definition) is 7. The van der Waals surface area contributed by atoms with Gasteiger partial charge in [-0.15, -0.1) is 0 Å². The molecule has 0 amide bonds. The molecule has 21 heteroatoms. The first-order valence-electron chi connectivity index (χ1n) is 7.96. The Kier molecular flexibility index (Phi) is 5.20. The Labute approximate surface area is 170 Å². The summed E-state index contributed by atoms with van der Waals surface area (Å²) in [6.45, 7) is 0. The Morgan fingerprint density at radius 1 is 1.10 bits per heavy atom. The minimum absolute atomic E-state index is 0.0469. The minimum Gasteiger partial charge on any atom is -0.385 e. The van der Waals surface area contributed by atoms with E-state index in [9.17, 15) is 28.8 Å². The van der Waals surface area contributed by atoms with Gasteiger partial charge in [0.25, 0.3) is 0 Å². The van der Waals surface area contributed by atoms with E-state index in [0.717, 1.165) is 6.33 Å². The van der Waals surface area contributed by atoms with Gasteiger partial charge < -0.3 is 40.3 Å². The Morgan fingerprint density at radius 3 is 2.35 bits per heavy atom. The fourth-order valence-corrected chi connectivity index (χ4v) is 6.38. The van der Waals surface area contributed by atoms with Crippen molar-refractivity contribution in [1.29, 1.82) is 0 Å². The third kappa shape index (κ3) is 4.07. The van der Waals surface area contributed by atoms with Crippen LogP contribution in [0, 0.1) is 0 Å². The zero-order valence-corrected chi connectivity index (χ0v) is 17.4. The highest BCUT2D eigenvalue weighted by atomic mass is 31.3. The maximum Gasteiger partial charge on any atom is 0.490 e. The number of phosphoric ester groups is 1. The van der Waals surface area contributed by atoms with E-state index in [2.05, 4.69) is 28.1 Å². The molecule has 8 N–H and O–H groups in total. The number of fused-ring (bicyclic) bond motifs is 2. The van der Waals surface area contributed by atoms with Crippen LogP contribution in [-0.2, 0) is 31.6 Å². The molecular weight excluding hydrogens is 491 g/mol. The summed E-state index contributed by atoms with van der Waals surface area (Å²) in [6.07, 6.45) is -3.80. The lowest BCUT2D eigenvalue weighted by Crippen LogP contribution is -2.37. The van der Waals surface area contributed by atoms with Crippen molar-refractivity contribution in [2.45, 2.75) is 30.1 Å². The van der Waals surface area contributed by atoms with Crippen LogP contribution >= 0.6 is 23.5 Å². The SMILES string of the molecule is Nc1ncnc2c1ncn2[C@@H]1O[C@@H]2C(OP(=O)(O)OP(=O)(O)OP(=O)(O)O)[C@]2(O)[C@H]1O. The predicted molar refractivity (Wildman–Crippen MR) is 93.3 cm³/mol. The molecule has 3 heterocycles. The Bertz CT molecular complexity index is 1180. The summed E-state index contributed by atoms with van der Waals surface area (Å²) in [4.78, 5) is 47.4. The molecule has 1 saturated heterocycles. The number of nitrogens with zero attached hydrogens (tertiary/aromatic N) is 4. The number of rotatable bonds is 7. The molecule has 0 spiro atoms. The predicted octanol–water partition coefficient (Wildman–Crippen LogP) is -1.88. The molecule has 1 saturated carbocycles. The monoisotopic (exact) mass is 505 g/mol. The number of anilines is 1. The standard InChI is InChI=1S/C10H14N5O13P3/c11-7-3-8(13-1-12-7)15(2-14-3)9-4(16)10(17)5(25-9)6(10)26-30(21,22)28-31(23,24)27-29(18,19)20/h1-2,4-6,9,16-17H,(H,21,22)(H,23,24)(H2,11,12,13)(H2,18,19,20)/t4-,5+,6?,9+,10-/m0/s1. The summed E-state index contributed by atoms with van der Waals surface area (Å²) >= 11 is 0. The summed E-state index contributed by atoms with van der Waals surface area (Å²) in [5, 5.41) is 21.1. The third-order valence-corrected chi connectivity index (χ3v) is 8.25. The van der Waals surface area contributed by atoms with Crippen molar-refractivity contribution in [3.63, 3.8) is 0 Å². The van der Waals surface area contributed by atoms with Gasteiger partial charge in [0.05, 0.1) is 6.33 Å². The molecule has 0 radical (unpaired) electrons. The van der Waals surface area contributed by atoms with Crippen molar-refractivity contribution in [3.05, 3.63) is 12.7 Å². The van der Waals surface area contributed by atoms with E-state index in [-0.39, 0.29) is 17.0 Å². The number of aliphatic hydroxyl groups excluding tert-OH is 1. The number of ether oxygens (including phenoxy) is 1. The second kappa shape index (κ2) is 7.07. The van der Waals surface area contributed by atoms with Gasteiger partial charge in [0.2, 0.25) is 0 Å². The van der Waals surface area contributed by atoms with Crippen molar-refractivity contribution in [1.82, 2.24) is 19.5 Å². The second-order valence-electron chi connectivity index (χ2n) is 6.48. The molecule has 3 unspecified atom stereocenters. The molecule has 18 nitrogen and oxygen atoms in total. The van der Waals surface area contributed by atoms with Gasteiger partial charge in [-0.1, -0.05) is 0 Å². The second-order valence-corrected chi connectivity index (χ2v) is 10.9. The van der Waals surface area contributed by atoms with Gasteiger partial charge in [-0.25, -0.2) is 28.6 Å². The number of hydrogen-bond acceptors (Lipinski definition) is 13. The van der Waals surface area contributed by atoms with Crippen LogP contribution in [0.2, 0.25) is 0 Å². The molecular formula is C10H14N5O13P3. The summed E-state index contributed by atoms with van der Waals surface area (Å²) in [5.74, 6) is 0.0469. The molecule has 172 valence electrons. The maximum absolute atomic E-state index is 11.9.